The minimum Gasteiger partial charge on any atom is -0.453 e. The van der Waals surface area contributed by atoms with E-state index in [-0.39, 0.29) is 6.04 Å². The molecule has 0 aliphatic heterocycles. The summed E-state index contributed by atoms with van der Waals surface area (Å²) in [6.07, 6.45) is -0.429. The van der Waals surface area contributed by atoms with Crippen LogP contribution >= 0.6 is 11.3 Å². The Bertz CT molecular complexity index is 548. The van der Waals surface area contributed by atoms with Crippen LogP contribution in [0.2, 0.25) is 0 Å². The standard InChI is InChI=1S/C13H17N3O2S/c1-9-6-10(2)16(15-9)12(7-14-13(17)18-3)11-4-5-19-8-11/h4-6,8,12H,7H2,1-3H3,(H,14,17). The lowest BCUT2D eigenvalue weighted by Gasteiger charge is -2.18. The molecule has 2 rings (SSSR count). The predicted octanol–water partition coefficient (Wildman–Crippen LogP) is 2.51. The van der Waals surface area contributed by atoms with Gasteiger partial charge in [-0.2, -0.15) is 16.4 Å². The van der Waals surface area contributed by atoms with Crippen LogP contribution in [0.1, 0.15) is 23.0 Å². The molecule has 0 fully saturated rings. The number of nitrogens with zero attached hydrogens (tertiary/aromatic N) is 2. The quantitative estimate of drug-likeness (QED) is 0.935. The third-order valence-electron chi connectivity index (χ3n) is 2.89. The maximum Gasteiger partial charge on any atom is 0.406 e. The highest BCUT2D eigenvalue weighted by atomic mass is 32.1. The van der Waals surface area contributed by atoms with Crippen LogP contribution in [0.25, 0.3) is 0 Å². The van der Waals surface area contributed by atoms with Gasteiger partial charge in [-0.1, -0.05) is 0 Å². The van der Waals surface area contributed by atoms with Crippen molar-refractivity contribution in [3.05, 3.63) is 39.8 Å². The molecule has 0 bridgehead atoms. The van der Waals surface area contributed by atoms with E-state index in [1.165, 1.54) is 7.11 Å². The van der Waals surface area contributed by atoms with Gasteiger partial charge in [0.25, 0.3) is 0 Å². The molecule has 102 valence electrons. The molecule has 1 N–H and O–H groups in total. The molecule has 6 heteroatoms. The van der Waals surface area contributed by atoms with E-state index < -0.39 is 6.09 Å². The van der Waals surface area contributed by atoms with Crippen molar-refractivity contribution in [1.82, 2.24) is 15.1 Å². The van der Waals surface area contributed by atoms with E-state index in [1.807, 2.05) is 36.0 Å². The summed E-state index contributed by atoms with van der Waals surface area (Å²) in [4.78, 5) is 11.2. The summed E-state index contributed by atoms with van der Waals surface area (Å²) >= 11 is 1.63. The van der Waals surface area contributed by atoms with Crippen LogP contribution < -0.4 is 5.32 Å². The summed E-state index contributed by atoms with van der Waals surface area (Å²) in [5.74, 6) is 0. The molecule has 0 aromatic carbocycles. The van der Waals surface area contributed by atoms with Gasteiger partial charge in [-0.3, -0.25) is 4.68 Å². The first kappa shape index (κ1) is 13.6. The van der Waals surface area contributed by atoms with Crippen molar-refractivity contribution < 1.29 is 9.53 Å². The third-order valence-corrected chi connectivity index (χ3v) is 3.59. The van der Waals surface area contributed by atoms with Crippen LogP contribution in [0.4, 0.5) is 4.79 Å². The van der Waals surface area contributed by atoms with Gasteiger partial charge in [-0.05, 0) is 42.3 Å². The maximum absolute atomic E-state index is 11.2. The summed E-state index contributed by atoms with van der Waals surface area (Å²) in [5.41, 5.74) is 3.17. The fourth-order valence-electron chi connectivity index (χ4n) is 2.02. The number of rotatable bonds is 4. The van der Waals surface area contributed by atoms with Crippen LogP contribution in [0.3, 0.4) is 0 Å². The number of hydrogen-bond donors (Lipinski definition) is 1. The molecule has 0 radical (unpaired) electrons. The molecule has 1 unspecified atom stereocenters. The van der Waals surface area contributed by atoms with Gasteiger partial charge in [0.1, 0.15) is 0 Å². The first-order chi connectivity index (χ1) is 9.11. The van der Waals surface area contributed by atoms with Crippen molar-refractivity contribution in [2.24, 2.45) is 0 Å². The fraction of sp³-hybridized carbons (Fsp3) is 0.385. The number of thiophene rings is 1. The van der Waals surface area contributed by atoms with Crippen molar-refractivity contribution in [3.8, 4) is 0 Å². The van der Waals surface area contributed by atoms with Gasteiger partial charge in [-0.15, -0.1) is 0 Å². The SMILES string of the molecule is COC(=O)NCC(c1ccsc1)n1nc(C)cc1C. The number of nitrogens with one attached hydrogen (secondary N) is 1. The van der Waals surface area contributed by atoms with Crippen LogP contribution in [-0.4, -0.2) is 29.5 Å². The van der Waals surface area contributed by atoms with Crippen molar-refractivity contribution in [1.29, 1.82) is 0 Å². The lowest BCUT2D eigenvalue weighted by Crippen LogP contribution is -2.31. The molecule has 1 amide bonds. The summed E-state index contributed by atoms with van der Waals surface area (Å²) < 4.78 is 6.55. The van der Waals surface area contributed by atoms with Gasteiger partial charge < -0.3 is 10.1 Å². The molecule has 2 aromatic heterocycles. The number of aromatic nitrogens is 2. The van der Waals surface area contributed by atoms with Gasteiger partial charge in [0.15, 0.2) is 0 Å². The second-order valence-corrected chi connectivity index (χ2v) is 5.10. The number of carbonyl (C=O) groups excluding carboxylic acids is 1. The summed E-state index contributed by atoms with van der Waals surface area (Å²) in [5, 5.41) is 11.3. The molecule has 0 spiro atoms. The molecule has 5 nitrogen and oxygen atoms in total. The fourth-order valence-corrected chi connectivity index (χ4v) is 2.73. The largest absolute Gasteiger partial charge is 0.453 e. The Morgan fingerprint density at radius 1 is 1.58 bits per heavy atom. The van der Waals surface area contributed by atoms with E-state index in [9.17, 15) is 4.79 Å². The minimum absolute atomic E-state index is 0.0148. The average Bonchev–Trinajstić information content (AvgIpc) is 3.00. The normalized spacial score (nSPS) is 12.2. The molecule has 1 atom stereocenters. The number of alkyl carbamates (subject to hydrolysis) is 1. The van der Waals surface area contributed by atoms with Gasteiger partial charge in [0, 0.05) is 12.2 Å². The molecule has 2 aromatic rings. The van der Waals surface area contributed by atoms with Crippen molar-refractivity contribution >= 4 is 17.4 Å². The number of carbonyl (C=O) groups is 1. The van der Waals surface area contributed by atoms with Crippen molar-refractivity contribution in [2.75, 3.05) is 13.7 Å². The molecule has 0 saturated carbocycles. The summed E-state index contributed by atoms with van der Waals surface area (Å²) in [6, 6.07) is 4.06. The van der Waals surface area contributed by atoms with Crippen molar-refractivity contribution in [3.63, 3.8) is 0 Å². The monoisotopic (exact) mass is 279 g/mol. The van der Waals surface area contributed by atoms with Gasteiger partial charge in [-0.25, -0.2) is 4.79 Å². The van der Waals surface area contributed by atoms with Crippen LogP contribution in [0.15, 0.2) is 22.9 Å². The summed E-state index contributed by atoms with van der Waals surface area (Å²) in [7, 11) is 1.36. The molecular weight excluding hydrogens is 262 g/mol. The van der Waals surface area contributed by atoms with E-state index >= 15 is 0 Å². The number of methoxy groups -OCH3 is 1. The van der Waals surface area contributed by atoms with E-state index in [1.54, 1.807) is 11.3 Å². The second kappa shape index (κ2) is 5.88. The van der Waals surface area contributed by atoms with E-state index in [4.69, 9.17) is 0 Å². The number of ether oxygens (including phenoxy) is 1. The zero-order valence-electron chi connectivity index (χ0n) is 11.2. The zero-order valence-corrected chi connectivity index (χ0v) is 12.0. The third kappa shape index (κ3) is 3.14. The average molecular weight is 279 g/mol. The minimum atomic E-state index is -0.429. The van der Waals surface area contributed by atoms with E-state index in [0.717, 1.165) is 17.0 Å². The van der Waals surface area contributed by atoms with Gasteiger partial charge in [0.2, 0.25) is 0 Å². The Morgan fingerprint density at radius 2 is 2.37 bits per heavy atom. The van der Waals surface area contributed by atoms with Crippen molar-refractivity contribution in [2.45, 2.75) is 19.9 Å². The highest BCUT2D eigenvalue weighted by Gasteiger charge is 2.18. The van der Waals surface area contributed by atoms with E-state index in [0.29, 0.717) is 6.54 Å². The lowest BCUT2D eigenvalue weighted by molar-refractivity contribution is 0.169. The zero-order chi connectivity index (χ0) is 13.8. The lowest BCUT2D eigenvalue weighted by atomic mass is 10.1. The second-order valence-electron chi connectivity index (χ2n) is 4.32. The molecule has 0 aliphatic rings. The Kier molecular flexibility index (Phi) is 4.21. The summed E-state index contributed by atoms with van der Waals surface area (Å²) in [6.45, 7) is 4.42. The Balaban J connectivity index is 2.24. The molecule has 0 saturated heterocycles. The first-order valence-corrected chi connectivity index (χ1v) is 6.92. The van der Waals surface area contributed by atoms with Crippen LogP contribution in [-0.2, 0) is 4.74 Å². The highest BCUT2D eigenvalue weighted by Crippen LogP contribution is 2.22. The van der Waals surface area contributed by atoms with Crippen LogP contribution in [0, 0.1) is 13.8 Å². The van der Waals surface area contributed by atoms with E-state index in [2.05, 4.69) is 20.5 Å². The number of amides is 1. The number of hydrogen-bond acceptors (Lipinski definition) is 4. The molecule has 2 heterocycles. The van der Waals surface area contributed by atoms with Gasteiger partial charge in [0.05, 0.1) is 18.8 Å². The number of aryl methyl sites for hydroxylation is 2. The Labute approximate surface area is 116 Å². The topological polar surface area (TPSA) is 56.1 Å². The predicted molar refractivity (Wildman–Crippen MR) is 74.6 cm³/mol. The molecular formula is C13H17N3O2S. The molecule has 19 heavy (non-hydrogen) atoms. The highest BCUT2D eigenvalue weighted by molar-refractivity contribution is 7.07. The maximum atomic E-state index is 11.2. The first-order valence-electron chi connectivity index (χ1n) is 5.98. The molecule has 0 aliphatic carbocycles. The van der Waals surface area contributed by atoms with Crippen LogP contribution in [0.5, 0.6) is 0 Å². The Hall–Kier alpha value is -1.82. The smallest absolute Gasteiger partial charge is 0.406 e. The Morgan fingerprint density at radius 3 is 2.89 bits per heavy atom. The van der Waals surface area contributed by atoms with Gasteiger partial charge >= 0.3 is 6.09 Å².